The van der Waals surface area contributed by atoms with Crippen molar-refractivity contribution < 1.29 is 0 Å². The van der Waals surface area contributed by atoms with Crippen LogP contribution in [0.4, 0.5) is 0 Å². The molecule has 0 aromatic carbocycles. The van der Waals surface area contributed by atoms with Gasteiger partial charge in [-0.05, 0) is 24.6 Å². The van der Waals surface area contributed by atoms with E-state index < -0.39 is 0 Å². The molecule has 0 N–H and O–H groups in total. The Morgan fingerprint density at radius 3 is 2.78 bits per heavy atom. The maximum atomic E-state index is 3.83. The van der Waals surface area contributed by atoms with E-state index in [1.54, 1.807) is 6.20 Å². The third-order valence-corrected chi connectivity index (χ3v) is 1.01. The van der Waals surface area contributed by atoms with Crippen LogP contribution in [0.3, 0.4) is 0 Å². The molecule has 0 aliphatic heterocycles. The second-order valence-electron chi connectivity index (χ2n) is 1.89. The van der Waals surface area contributed by atoms with Crippen LogP contribution in [0.2, 0.25) is 0 Å². The molecule has 0 amide bonds. The lowest BCUT2D eigenvalue weighted by atomic mass is 10.2. The Bertz CT molecular complexity index is 203. The fourth-order valence-electron chi connectivity index (χ4n) is 0.529. The highest BCUT2D eigenvalue weighted by Crippen LogP contribution is 2.03. The molecule has 1 heterocycles. The highest BCUT2D eigenvalue weighted by molar-refractivity contribution is 5.56. The minimum atomic E-state index is 0.859. The van der Waals surface area contributed by atoms with Crippen molar-refractivity contribution in [3.63, 3.8) is 0 Å². The molecule has 0 aliphatic carbocycles. The van der Waals surface area contributed by atoms with Crippen molar-refractivity contribution in [3.8, 4) is 0 Å². The van der Waals surface area contributed by atoms with Gasteiger partial charge in [0.1, 0.15) is 0 Å². The number of hydrogen-bond acceptors (Lipinski definition) is 2. The molecule has 1 rings (SSSR count). The van der Waals surface area contributed by atoms with Crippen molar-refractivity contribution in [3.05, 3.63) is 30.6 Å². The normalized spacial score (nSPS) is 9.00. The van der Waals surface area contributed by atoms with E-state index in [1.807, 2.05) is 19.1 Å². The molecule has 0 bridgehead atoms. The minimum absolute atomic E-state index is 0.859. The van der Waals surface area contributed by atoms with Gasteiger partial charge < -0.3 is 0 Å². The van der Waals surface area contributed by atoms with E-state index in [9.17, 15) is 0 Å². The standard InChI is InChI=1S/C7H8N2/c1-6(2)7-4-3-5-8-9-7/h3-5H,1H2,2H3. The largest absolute Gasteiger partial charge is 0.159 e. The zero-order chi connectivity index (χ0) is 6.69. The van der Waals surface area contributed by atoms with E-state index in [0.29, 0.717) is 0 Å². The lowest BCUT2D eigenvalue weighted by molar-refractivity contribution is 1.01. The van der Waals surface area contributed by atoms with Crippen molar-refractivity contribution in [1.82, 2.24) is 10.2 Å². The summed E-state index contributed by atoms with van der Waals surface area (Å²) in [5.74, 6) is 0. The second kappa shape index (κ2) is 2.40. The van der Waals surface area contributed by atoms with Gasteiger partial charge in [0.05, 0.1) is 5.69 Å². The Morgan fingerprint density at radius 1 is 1.67 bits per heavy atom. The Morgan fingerprint density at radius 2 is 2.44 bits per heavy atom. The summed E-state index contributed by atoms with van der Waals surface area (Å²) in [4.78, 5) is 0. The van der Waals surface area contributed by atoms with Crippen molar-refractivity contribution >= 4 is 5.57 Å². The molecule has 0 fully saturated rings. The summed E-state index contributed by atoms with van der Waals surface area (Å²) >= 11 is 0. The predicted octanol–water partition coefficient (Wildman–Crippen LogP) is 1.51. The van der Waals surface area contributed by atoms with Crippen LogP contribution in [-0.4, -0.2) is 10.2 Å². The first-order chi connectivity index (χ1) is 4.30. The van der Waals surface area contributed by atoms with Gasteiger partial charge >= 0.3 is 0 Å². The summed E-state index contributed by atoms with van der Waals surface area (Å²) in [6.07, 6.45) is 1.65. The van der Waals surface area contributed by atoms with Gasteiger partial charge in [-0.1, -0.05) is 6.58 Å². The number of aromatic nitrogens is 2. The van der Waals surface area contributed by atoms with Gasteiger partial charge in [-0.2, -0.15) is 10.2 Å². The SMILES string of the molecule is C=C(C)c1cccnn1. The highest BCUT2D eigenvalue weighted by atomic mass is 15.1. The molecular formula is C7H8N2. The van der Waals surface area contributed by atoms with Gasteiger partial charge in [-0.15, -0.1) is 0 Å². The van der Waals surface area contributed by atoms with Gasteiger partial charge in [-0.3, -0.25) is 0 Å². The third kappa shape index (κ3) is 1.35. The van der Waals surface area contributed by atoms with Gasteiger partial charge in [0, 0.05) is 6.20 Å². The summed E-state index contributed by atoms with van der Waals surface area (Å²) in [5, 5.41) is 7.52. The first kappa shape index (κ1) is 5.95. The van der Waals surface area contributed by atoms with E-state index in [-0.39, 0.29) is 0 Å². The van der Waals surface area contributed by atoms with Gasteiger partial charge in [0.2, 0.25) is 0 Å². The number of allylic oxidation sites excluding steroid dienone is 1. The van der Waals surface area contributed by atoms with Crippen LogP contribution in [0, 0.1) is 0 Å². The maximum absolute atomic E-state index is 3.83. The minimum Gasteiger partial charge on any atom is -0.159 e. The Labute approximate surface area is 54.2 Å². The zero-order valence-corrected chi connectivity index (χ0v) is 5.33. The Balaban J connectivity index is 2.98. The van der Waals surface area contributed by atoms with Crippen LogP contribution < -0.4 is 0 Å². The Hall–Kier alpha value is -1.18. The fourth-order valence-corrected chi connectivity index (χ4v) is 0.529. The second-order valence-corrected chi connectivity index (χ2v) is 1.89. The van der Waals surface area contributed by atoms with Crippen LogP contribution in [-0.2, 0) is 0 Å². The summed E-state index contributed by atoms with van der Waals surface area (Å²) in [6.45, 7) is 5.63. The highest BCUT2D eigenvalue weighted by Gasteiger charge is 1.89. The fraction of sp³-hybridized carbons (Fsp3) is 0.143. The van der Waals surface area contributed by atoms with Gasteiger partial charge in [0.15, 0.2) is 0 Å². The van der Waals surface area contributed by atoms with Gasteiger partial charge in [0.25, 0.3) is 0 Å². The molecule has 2 heteroatoms. The van der Waals surface area contributed by atoms with Gasteiger partial charge in [-0.25, -0.2) is 0 Å². The Kier molecular flexibility index (Phi) is 1.58. The third-order valence-electron chi connectivity index (χ3n) is 1.01. The topological polar surface area (TPSA) is 25.8 Å². The molecule has 0 radical (unpaired) electrons. The molecule has 0 aliphatic rings. The smallest absolute Gasteiger partial charge is 0.0880 e. The first-order valence-electron chi connectivity index (χ1n) is 2.74. The molecule has 0 saturated heterocycles. The molecule has 1 aromatic heterocycles. The summed E-state index contributed by atoms with van der Waals surface area (Å²) in [5.41, 5.74) is 1.81. The average Bonchev–Trinajstić information content (AvgIpc) is 1.90. The van der Waals surface area contributed by atoms with Crippen molar-refractivity contribution in [2.24, 2.45) is 0 Å². The van der Waals surface area contributed by atoms with Crippen LogP contribution >= 0.6 is 0 Å². The molecule has 0 unspecified atom stereocenters. The molecular weight excluding hydrogens is 112 g/mol. The maximum Gasteiger partial charge on any atom is 0.0880 e. The molecule has 2 nitrogen and oxygen atoms in total. The monoisotopic (exact) mass is 120 g/mol. The number of hydrogen-bond donors (Lipinski definition) is 0. The van der Waals surface area contributed by atoms with Crippen LogP contribution in [0.5, 0.6) is 0 Å². The number of rotatable bonds is 1. The van der Waals surface area contributed by atoms with E-state index in [4.69, 9.17) is 0 Å². The average molecular weight is 120 g/mol. The van der Waals surface area contributed by atoms with Crippen molar-refractivity contribution in [2.75, 3.05) is 0 Å². The van der Waals surface area contributed by atoms with Crippen LogP contribution in [0.25, 0.3) is 5.57 Å². The van der Waals surface area contributed by atoms with E-state index in [2.05, 4.69) is 16.8 Å². The van der Waals surface area contributed by atoms with Crippen LogP contribution in [0.1, 0.15) is 12.6 Å². The molecule has 1 aromatic rings. The van der Waals surface area contributed by atoms with Crippen molar-refractivity contribution in [2.45, 2.75) is 6.92 Å². The predicted molar refractivity (Wildman–Crippen MR) is 36.7 cm³/mol. The van der Waals surface area contributed by atoms with E-state index in [1.165, 1.54) is 0 Å². The summed E-state index contributed by atoms with van der Waals surface area (Å²) < 4.78 is 0. The van der Waals surface area contributed by atoms with E-state index in [0.717, 1.165) is 11.3 Å². The molecule has 46 valence electrons. The van der Waals surface area contributed by atoms with E-state index >= 15 is 0 Å². The molecule has 0 saturated carbocycles. The molecule has 0 atom stereocenters. The molecule has 0 spiro atoms. The summed E-state index contributed by atoms with van der Waals surface area (Å²) in [6, 6.07) is 3.73. The molecule has 9 heavy (non-hydrogen) atoms. The van der Waals surface area contributed by atoms with Crippen LogP contribution in [0.15, 0.2) is 24.9 Å². The lowest BCUT2D eigenvalue weighted by Gasteiger charge is -1.92. The number of nitrogens with zero attached hydrogens (tertiary/aromatic N) is 2. The quantitative estimate of drug-likeness (QED) is 0.561. The first-order valence-corrected chi connectivity index (χ1v) is 2.74. The van der Waals surface area contributed by atoms with Crippen molar-refractivity contribution in [1.29, 1.82) is 0 Å². The lowest BCUT2D eigenvalue weighted by Crippen LogP contribution is -1.85. The zero-order valence-electron chi connectivity index (χ0n) is 5.33. The summed E-state index contributed by atoms with van der Waals surface area (Å²) in [7, 11) is 0.